The average Bonchev–Trinajstić information content (AvgIpc) is 2.51. The van der Waals surface area contributed by atoms with Gasteiger partial charge >= 0.3 is 0 Å². The van der Waals surface area contributed by atoms with E-state index in [9.17, 15) is 0 Å². The monoisotopic (exact) mass is 350 g/mol. The highest BCUT2D eigenvalue weighted by Crippen LogP contribution is 2.31. The second-order valence-corrected chi connectivity index (χ2v) is 7.65. The first-order valence-electron chi connectivity index (χ1n) is 8.45. The van der Waals surface area contributed by atoms with E-state index in [0.29, 0.717) is 12.1 Å². The highest BCUT2D eigenvalue weighted by atomic mass is 79.9. The molecule has 3 heteroatoms. The van der Waals surface area contributed by atoms with Gasteiger partial charge in [-0.15, -0.1) is 0 Å². The van der Waals surface area contributed by atoms with E-state index < -0.39 is 0 Å². The lowest BCUT2D eigenvalue weighted by Gasteiger charge is -2.44. The van der Waals surface area contributed by atoms with Gasteiger partial charge in [-0.2, -0.15) is 0 Å². The van der Waals surface area contributed by atoms with Gasteiger partial charge < -0.3 is 5.32 Å². The highest BCUT2D eigenvalue weighted by molar-refractivity contribution is 9.10. The Balaban J connectivity index is 1.73. The summed E-state index contributed by atoms with van der Waals surface area (Å²) in [5, 5.41) is 3.71. The molecule has 1 N–H and O–H groups in total. The Bertz CT molecular complexity index is 456. The van der Waals surface area contributed by atoms with E-state index in [4.69, 9.17) is 0 Å². The van der Waals surface area contributed by atoms with Crippen molar-refractivity contribution in [1.82, 2.24) is 10.2 Å². The molecule has 2 fully saturated rings. The van der Waals surface area contributed by atoms with Crippen LogP contribution in [0.3, 0.4) is 0 Å². The molecule has 0 bridgehead atoms. The van der Waals surface area contributed by atoms with Crippen molar-refractivity contribution in [3.8, 4) is 0 Å². The minimum atomic E-state index is 0.604. The zero-order chi connectivity index (χ0) is 14.7. The first-order chi connectivity index (χ1) is 10.2. The minimum absolute atomic E-state index is 0.604. The number of halogens is 1. The maximum atomic E-state index is 3.71. The summed E-state index contributed by atoms with van der Waals surface area (Å²) < 4.78 is 1.25. The second kappa shape index (κ2) is 7.26. The summed E-state index contributed by atoms with van der Waals surface area (Å²) in [5.41, 5.74) is 1.42. The summed E-state index contributed by atoms with van der Waals surface area (Å²) in [6, 6.07) is 10.0. The molecule has 1 aromatic carbocycles. The zero-order valence-corrected chi connectivity index (χ0v) is 14.6. The first kappa shape index (κ1) is 15.5. The van der Waals surface area contributed by atoms with Crippen LogP contribution in [0, 0.1) is 5.92 Å². The topological polar surface area (TPSA) is 15.3 Å². The summed E-state index contributed by atoms with van der Waals surface area (Å²) in [7, 11) is 0. The largest absolute Gasteiger partial charge is 0.311 e. The molecule has 0 radical (unpaired) electrons. The fourth-order valence-corrected chi connectivity index (χ4v) is 4.42. The maximum absolute atomic E-state index is 3.71. The quantitative estimate of drug-likeness (QED) is 0.878. The van der Waals surface area contributed by atoms with Crippen molar-refractivity contribution >= 4 is 15.9 Å². The van der Waals surface area contributed by atoms with Crippen LogP contribution in [0.4, 0.5) is 0 Å². The van der Waals surface area contributed by atoms with Crippen molar-refractivity contribution in [1.29, 1.82) is 0 Å². The van der Waals surface area contributed by atoms with E-state index in [2.05, 4.69) is 57.3 Å². The lowest BCUT2D eigenvalue weighted by Crippen LogP contribution is -2.57. The lowest BCUT2D eigenvalue weighted by atomic mass is 9.82. The molecule has 0 spiro atoms. The van der Waals surface area contributed by atoms with Gasteiger partial charge in [0.05, 0.1) is 0 Å². The molecule has 2 aliphatic rings. The molecule has 1 heterocycles. The van der Waals surface area contributed by atoms with Crippen LogP contribution in [-0.4, -0.2) is 30.1 Å². The summed E-state index contributed by atoms with van der Waals surface area (Å²) in [4.78, 5) is 2.73. The normalized spacial score (nSPS) is 28.7. The molecule has 1 saturated carbocycles. The Hall–Kier alpha value is -0.380. The molecule has 1 aliphatic heterocycles. The summed E-state index contributed by atoms with van der Waals surface area (Å²) >= 11 is 3.71. The zero-order valence-electron chi connectivity index (χ0n) is 13.0. The second-order valence-electron chi connectivity index (χ2n) is 6.80. The smallest absolute Gasteiger partial charge is 0.0253 e. The van der Waals surface area contributed by atoms with Crippen molar-refractivity contribution in [3.05, 3.63) is 34.3 Å². The molecular weight excluding hydrogens is 324 g/mol. The van der Waals surface area contributed by atoms with E-state index in [1.54, 1.807) is 0 Å². The maximum Gasteiger partial charge on any atom is 0.0253 e. The highest BCUT2D eigenvalue weighted by Gasteiger charge is 2.32. The molecule has 0 aromatic heterocycles. The van der Waals surface area contributed by atoms with Crippen LogP contribution in [0.5, 0.6) is 0 Å². The van der Waals surface area contributed by atoms with Crippen LogP contribution >= 0.6 is 15.9 Å². The van der Waals surface area contributed by atoms with E-state index in [-0.39, 0.29) is 0 Å². The Labute approximate surface area is 137 Å². The van der Waals surface area contributed by atoms with Gasteiger partial charge in [-0.25, -0.2) is 0 Å². The number of rotatable bonds is 3. The predicted molar refractivity (Wildman–Crippen MR) is 92.4 cm³/mol. The van der Waals surface area contributed by atoms with Crippen molar-refractivity contribution in [2.24, 2.45) is 5.92 Å². The van der Waals surface area contributed by atoms with E-state index >= 15 is 0 Å². The number of nitrogens with one attached hydrogen (secondary N) is 1. The molecule has 1 aromatic rings. The molecule has 2 nitrogen and oxygen atoms in total. The summed E-state index contributed by atoms with van der Waals surface area (Å²) in [5.74, 6) is 0.890. The Morgan fingerprint density at radius 1 is 1.19 bits per heavy atom. The number of hydrogen-bond donors (Lipinski definition) is 1. The van der Waals surface area contributed by atoms with Gasteiger partial charge in [-0.05, 0) is 37.3 Å². The minimum Gasteiger partial charge on any atom is -0.311 e. The molecule has 3 rings (SSSR count). The van der Waals surface area contributed by atoms with Gasteiger partial charge in [0.25, 0.3) is 0 Å². The molecule has 0 amide bonds. The number of hydrogen-bond acceptors (Lipinski definition) is 2. The van der Waals surface area contributed by atoms with Gasteiger partial charge in [0.15, 0.2) is 0 Å². The standard InChI is InChI=1S/C18H27BrN2/c1-14-12-21(13-16-9-5-6-10-17(16)19)18(11-20-14)15-7-3-2-4-8-15/h5-6,9-10,14-15,18,20H,2-4,7-8,11-13H2,1H3. The van der Waals surface area contributed by atoms with E-state index in [0.717, 1.165) is 19.0 Å². The van der Waals surface area contributed by atoms with Crippen molar-refractivity contribution < 1.29 is 0 Å². The molecule has 21 heavy (non-hydrogen) atoms. The number of benzene rings is 1. The molecule has 116 valence electrons. The summed E-state index contributed by atoms with van der Waals surface area (Å²) in [6.45, 7) is 5.72. The molecular formula is C18H27BrN2. The van der Waals surface area contributed by atoms with E-state index in [1.807, 2.05) is 0 Å². The van der Waals surface area contributed by atoms with Gasteiger partial charge in [-0.3, -0.25) is 4.90 Å². The fourth-order valence-electron chi connectivity index (χ4n) is 4.01. The predicted octanol–water partition coefficient (Wildman–Crippen LogP) is 4.19. The van der Waals surface area contributed by atoms with Crippen molar-refractivity contribution in [2.75, 3.05) is 13.1 Å². The van der Waals surface area contributed by atoms with Gasteiger partial charge in [0.2, 0.25) is 0 Å². The fraction of sp³-hybridized carbons (Fsp3) is 0.667. The third-order valence-corrected chi connectivity index (χ3v) is 5.95. The molecule has 2 unspecified atom stereocenters. The molecule has 2 atom stereocenters. The van der Waals surface area contributed by atoms with Crippen molar-refractivity contribution in [3.63, 3.8) is 0 Å². The third-order valence-electron chi connectivity index (χ3n) is 5.18. The van der Waals surface area contributed by atoms with Gasteiger partial charge in [0, 0.05) is 36.2 Å². The van der Waals surface area contributed by atoms with Crippen LogP contribution in [0.15, 0.2) is 28.7 Å². The molecule has 1 aliphatic carbocycles. The summed E-state index contributed by atoms with van der Waals surface area (Å²) in [6.07, 6.45) is 7.15. The Morgan fingerprint density at radius 2 is 1.95 bits per heavy atom. The van der Waals surface area contributed by atoms with Crippen LogP contribution in [-0.2, 0) is 6.54 Å². The third kappa shape index (κ3) is 3.88. The van der Waals surface area contributed by atoms with Crippen LogP contribution in [0.25, 0.3) is 0 Å². The number of piperazine rings is 1. The van der Waals surface area contributed by atoms with Crippen molar-refractivity contribution in [2.45, 2.75) is 57.7 Å². The Kier molecular flexibility index (Phi) is 5.36. The SMILES string of the molecule is CC1CN(Cc2ccccc2Br)C(C2CCCCC2)CN1. The average molecular weight is 351 g/mol. The lowest BCUT2D eigenvalue weighted by molar-refractivity contribution is 0.0687. The van der Waals surface area contributed by atoms with Crippen LogP contribution in [0.2, 0.25) is 0 Å². The first-order valence-corrected chi connectivity index (χ1v) is 9.24. The molecule has 1 saturated heterocycles. The van der Waals surface area contributed by atoms with Crippen LogP contribution in [0.1, 0.15) is 44.6 Å². The van der Waals surface area contributed by atoms with Crippen LogP contribution < -0.4 is 5.32 Å². The number of nitrogens with zero attached hydrogens (tertiary/aromatic N) is 1. The van der Waals surface area contributed by atoms with Gasteiger partial charge in [0.1, 0.15) is 0 Å². The van der Waals surface area contributed by atoms with E-state index in [1.165, 1.54) is 48.7 Å². The van der Waals surface area contributed by atoms with Gasteiger partial charge in [-0.1, -0.05) is 53.4 Å². The Morgan fingerprint density at radius 3 is 2.71 bits per heavy atom.